The molecule has 34 heavy (non-hydrogen) atoms. The summed E-state index contributed by atoms with van der Waals surface area (Å²) in [5.41, 5.74) is 1.29. The highest BCUT2D eigenvalue weighted by molar-refractivity contribution is 9.10. The minimum atomic E-state index is -0.567. The summed E-state index contributed by atoms with van der Waals surface area (Å²) in [6.07, 6.45) is 4.35. The number of ether oxygens (including phenoxy) is 4. The molecule has 0 atom stereocenters. The Balaban J connectivity index is 2.03. The van der Waals surface area contributed by atoms with Crippen molar-refractivity contribution < 1.29 is 28.5 Å². The fraction of sp³-hybridized carbons (Fsp3) is 0.240. The molecule has 0 spiro atoms. The molecule has 0 fully saturated rings. The van der Waals surface area contributed by atoms with E-state index >= 15 is 0 Å². The number of carbonyl (C=O) groups excluding carboxylic acids is 2. The Labute approximate surface area is 206 Å². The van der Waals surface area contributed by atoms with Crippen molar-refractivity contribution in [3.05, 3.63) is 63.6 Å². The van der Waals surface area contributed by atoms with Gasteiger partial charge in [0, 0.05) is 19.7 Å². The van der Waals surface area contributed by atoms with Crippen molar-refractivity contribution in [1.29, 1.82) is 5.26 Å². The summed E-state index contributed by atoms with van der Waals surface area (Å²) >= 11 is 3.44. The Hall–Kier alpha value is -3.61. The number of rotatable bonds is 11. The largest absolute Gasteiger partial charge is 0.493 e. The van der Waals surface area contributed by atoms with E-state index in [-0.39, 0.29) is 5.57 Å². The second-order valence-electron chi connectivity index (χ2n) is 6.71. The van der Waals surface area contributed by atoms with Crippen LogP contribution < -0.4 is 19.5 Å². The molecule has 8 nitrogen and oxygen atoms in total. The SMILES string of the molecule is CCOc1c(Br)cc(/C=C/C(=O)Oc2ccc(/C=C(\C#N)C(=O)NCCOC)cc2)cc1OC. The first-order valence-electron chi connectivity index (χ1n) is 10.3. The maximum Gasteiger partial charge on any atom is 0.336 e. The van der Waals surface area contributed by atoms with Crippen LogP contribution in [0.5, 0.6) is 17.2 Å². The molecule has 2 aromatic rings. The van der Waals surface area contributed by atoms with Crippen LogP contribution in [0.15, 0.2) is 52.5 Å². The first kappa shape index (κ1) is 26.6. The average molecular weight is 529 g/mol. The summed E-state index contributed by atoms with van der Waals surface area (Å²) in [6.45, 7) is 3.02. The van der Waals surface area contributed by atoms with Gasteiger partial charge in [-0.15, -0.1) is 0 Å². The molecular formula is C25H25BrN2O6. The van der Waals surface area contributed by atoms with E-state index in [9.17, 15) is 14.9 Å². The predicted octanol–water partition coefficient (Wildman–Crippen LogP) is 4.14. The zero-order valence-corrected chi connectivity index (χ0v) is 20.7. The minimum Gasteiger partial charge on any atom is -0.493 e. The zero-order chi connectivity index (χ0) is 24.9. The van der Waals surface area contributed by atoms with Crippen molar-refractivity contribution in [2.75, 3.05) is 34.0 Å². The summed E-state index contributed by atoms with van der Waals surface area (Å²) in [4.78, 5) is 24.2. The molecule has 0 heterocycles. The lowest BCUT2D eigenvalue weighted by Gasteiger charge is -2.12. The summed E-state index contributed by atoms with van der Waals surface area (Å²) in [5, 5.41) is 11.8. The van der Waals surface area contributed by atoms with Crippen LogP contribution >= 0.6 is 15.9 Å². The molecule has 0 aliphatic rings. The number of methoxy groups -OCH3 is 2. The van der Waals surface area contributed by atoms with Crippen LogP contribution in [0.25, 0.3) is 12.2 Å². The van der Waals surface area contributed by atoms with Crippen molar-refractivity contribution >= 4 is 40.0 Å². The normalized spacial score (nSPS) is 11.1. The van der Waals surface area contributed by atoms with Gasteiger partial charge in [0.15, 0.2) is 11.5 Å². The molecule has 0 radical (unpaired) electrons. The van der Waals surface area contributed by atoms with E-state index in [4.69, 9.17) is 18.9 Å². The van der Waals surface area contributed by atoms with E-state index in [1.54, 1.807) is 42.5 Å². The molecule has 0 aliphatic carbocycles. The van der Waals surface area contributed by atoms with Crippen molar-refractivity contribution in [2.24, 2.45) is 0 Å². The van der Waals surface area contributed by atoms with Crippen LogP contribution in [-0.4, -0.2) is 45.9 Å². The third kappa shape index (κ3) is 8.06. The number of nitriles is 1. The average Bonchev–Trinajstić information content (AvgIpc) is 2.83. The Kier molecular flexibility index (Phi) is 10.8. The lowest BCUT2D eigenvalue weighted by atomic mass is 10.1. The van der Waals surface area contributed by atoms with Gasteiger partial charge >= 0.3 is 5.97 Å². The Morgan fingerprint density at radius 1 is 1.15 bits per heavy atom. The van der Waals surface area contributed by atoms with E-state index in [1.165, 1.54) is 26.4 Å². The quantitative estimate of drug-likeness (QED) is 0.153. The predicted molar refractivity (Wildman–Crippen MR) is 131 cm³/mol. The molecule has 178 valence electrons. The maximum absolute atomic E-state index is 12.2. The molecule has 9 heteroatoms. The fourth-order valence-electron chi connectivity index (χ4n) is 2.74. The van der Waals surface area contributed by atoms with Crippen molar-refractivity contribution in [2.45, 2.75) is 6.92 Å². The van der Waals surface area contributed by atoms with Crippen molar-refractivity contribution in [1.82, 2.24) is 5.32 Å². The lowest BCUT2D eigenvalue weighted by Crippen LogP contribution is -2.27. The van der Waals surface area contributed by atoms with Gasteiger partial charge in [0.25, 0.3) is 5.91 Å². The van der Waals surface area contributed by atoms with E-state index in [2.05, 4.69) is 21.2 Å². The van der Waals surface area contributed by atoms with Gasteiger partial charge in [-0.25, -0.2) is 4.79 Å². The van der Waals surface area contributed by atoms with Gasteiger partial charge in [0.1, 0.15) is 17.4 Å². The van der Waals surface area contributed by atoms with Crippen LogP contribution in [0.2, 0.25) is 0 Å². The molecule has 0 unspecified atom stereocenters. The van der Waals surface area contributed by atoms with Gasteiger partial charge in [-0.3, -0.25) is 4.79 Å². The Bertz CT molecular complexity index is 1100. The van der Waals surface area contributed by atoms with E-state index in [0.29, 0.717) is 47.0 Å². The molecular weight excluding hydrogens is 504 g/mol. The van der Waals surface area contributed by atoms with Gasteiger partial charge in [0.2, 0.25) is 0 Å². The monoisotopic (exact) mass is 528 g/mol. The van der Waals surface area contributed by atoms with Gasteiger partial charge in [-0.2, -0.15) is 5.26 Å². The van der Waals surface area contributed by atoms with Crippen molar-refractivity contribution in [3.8, 4) is 23.3 Å². The molecule has 0 aromatic heterocycles. The Morgan fingerprint density at radius 3 is 2.50 bits per heavy atom. The number of halogens is 1. The third-order valence-corrected chi connectivity index (χ3v) is 4.91. The second-order valence-corrected chi connectivity index (χ2v) is 7.56. The first-order valence-corrected chi connectivity index (χ1v) is 11.1. The number of esters is 1. The number of benzene rings is 2. The van der Waals surface area contributed by atoms with Gasteiger partial charge < -0.3 is 24.3 Å². The van der Waals surface area contributed by atoms with E-state index < -0.39 is 11.9 Å². The van der Waals surface area contributed by atoms with Gasteiger partial charge in [-0.1, -0.05) is 12.1 Å². The number of carbonyl (C=O) groups is 2. The molecule has 2 aromatic carbocycles. The maximum atomic E-state index is 12.2. The van der Waals surface area contributed by atoms with Crippen LogP contribution in [-0.2, 0) is 14.3 Å². The van der Waals surface area contributed by atoms with Crippen LogP contribution in [0.4, 0.5) is 0 Å². The lowest BCUT2D eigenvalue weighted by molar-refractivity contribution is -0.128. The molecule has 1 amide bonds. The van der Waals surface area contributed by atoms with E-state index in [1.807, 2.05) is 13.0 Å². The third-order valence-electron chi connectivity index (χ3n) is 4.32. The molecule has 0 bridgehead atoms. The summed E-state index contributed by atoms with van der Waals surface area (Å²) in [5.74, 6) is 0.392. The highest BCUT2D eigenvalue weighted by Gasteiger charge is 2.11. The van der Waals surface area contributed by atoms with Crippen LogP contribution in [0, 0.1) is 11.3 Å². The smallest absolute Gasteiger partial charge is 0.336 e. The first-order chi connectivity index (χ1) is 16.4. The number of hydrogen-bond acceptors (Lipinski definition) is 7. The second kappa shape index (κ2) is 13.8. The number of nitrogens with one attached hydrogen (secondary N) is 1. The molecule has 2 rings (SSSR count). The molecule has 0 saturated carbocycles. The number of hydrogen-bond donors (Lipinski definition) is 1. The molecule has 1 N–H and O–H groups in total. The van der Waals surface area contributed by atoms with Crippen LogP contribution in [0.3, 0.4) is 0 Å². The number of nitrogens with zero attached hydrogens (tertiary/aromatic N) is 1. The van der Waals surface area contributed by atoms with E-state index in [0.717, 1.165) is 5.56 Å². The van der Waals surface area contributed by atoms with Gasteiger partial charge in [-0.05, 0) is 70.4 Å². The number of amides is 1. The summed E-state index contributed by atoms with van der Waals surface area (Å²) in [6, 6.07) is 11.9. The van der Waals surface area contributed by atoms with Gasteiger partial charge in [0.05, 0.1) is 24.8 Å². The van der Waals surface area contributed by atoms with Crippen LogP contribution in [0.1, 0.15) is 18.1 Å². The molecule has 0 aliphatic heterocycles. The standard InChI is InChI=1S/C25H25BrN2O6/c1-4-33-24-21(26)14-18(15-22(24)32-3)7-10-23(29)34-20-8-5-17(6-9-20)13-19(16-27)25(30)28-11-12-31-2/h5-10,13-15H,4,11-12H2,1-3H3,(H,28,30)/b10-7+,19-13+. The summed E-state index contributed by atoms with van der Waals surface area (Å²) < 4.78 is 21.8. The topological polar surface area (TPSA) is 107 Å². The zero-order valence-electron chi connectivity index (χ0n) is 19.1. The molecule has 0 saturated heterocycles. The summed E-state index contributed by atoms with van der Waals surface area (Å²) in [7, 11) is 3.06. The fourth-order valence-corrected chi connectivity index (χ4v) is 3.32. The van der Waals surface area contributed by atoms with Crippen molar-refractivity contribution in [3.63, 3.8) is 0 Å². The minimum absolute atomic E-state index is 0.0410. The Morgan fingerprint density at radius 2 is 1.88 bits per heavy atom. The highest BCUT2D eigenvalue weighted by atomic mass is 79.9. The highest BCUT2D eigenvalue weighted by Crippen LogP contribution is 2.37.